The minimum Gasteiger partial charge on any atom is -0.481 e. The van der Waals surface area contributed by atoms with Crippen LogP contribution in [0, 0.1) is 11.8 Å². The summed E-state index contributed by atoms with van der Waals surface area (Å²) in [7, 11) is 0. The summed E-state index contributed by atoms with van der Waals surface area (Å²) in [5, 5.41) is 11.8. The van der Waals surface area contributed by atoms with Gasteiger partial charge in [-0.25, -0.2) is 0 Å². The fraction of sp³-hybridized carbons (Fsp3) is 0.917. The highest BCUT2D eigenvalue weighted by molar-refractivity contribution is 5.69. The maximum Gasteiger partial charge on any atom is 0.389 e. The highest BCUT2D eigenvalue weighted by atomic mass is 19.4. The Morgan fingerprint density at radius 1 is 1.22 bits per heavy atom. The van der Waals surface area contributed by atoms with E-state index in [9.17, 15) is 18.0 Å². The zero-order chi connectivity index (χ0) is 13.6. The standard InChI is InChI=1S/C12H20F3NO2/c13-12(14,15)6-1-7-16-8-9-2-4-10(5-3-9)11(17)18/h9-10,16H,1-8H2,(H,17,18). The van der Waals surface area contributed by atoms with Gasteiger partial charge in [-0.15, -0.1) is 0 Å². The minimum absolute atomic E-state index is 0.105. The molecule has 0 unspecified atom stereocenters. The van der Waals surface area contributed by atoms with Gasteiger partial charge in [-0.3, -0.25) is 4.79 Å². The zero-order valence-electron chi connectivity index (χ0n) is 10.3. The van der Waals surface area contributed by atoms with Gasteiger partial charge in [0.1, 0.15) is 0 Å². The molecule has 6 heteroatoms. The van der Waals surface area contributed by atoms with E-state index in [1.807, 2.05) is 0 Å². The summed E-state index contributed by atoms with van der Waals surface area (Å²) in [6.07, 6.45) is -1.64. The Bertz CT molecular complexity index is 261. The van der Waals surface area contributed by atoms with Crippen LogP contribution in [0.4, 0.5) is 13.2 Å². The van der Waals surface area contributed by atoms with Gasteiger partial charge in [-0.05, 0) is 51.1 Å². The van der Waals surface area contributed by atoms with E-state index >= 15 is 0 Å². The molecule has 0 radical (unpaired) electrons. The van der Waals surface area contributed by atoms with Gasteiger partial charge in [-0.2, -0.15) is 13.2 Å². The Morgan fingerprint density at radius 2 is 1.83 bits per heavy atom. The van der Waals surface area contributed by atoms with Crippen LogP contribution in [-0.4, -0.2) is 30.3 Å². The second kappa shape index (κ2) is 6.97. The predicted molar refractivity (Wildman–Crippen MR) is 61.2 cm³/mol. The molecule has 2 N–H and O–H groups in total. The molecular formula is C12H20F3NO2. The van der Waals surface area contributed by atoms with Crippen LogP contribution in [0.2, 0.25) is 0 Å². The summed E-state index contributed by atoms with van der Waals surface area (Å²) < 4.78 is 35.6. The van der Waals surface area contributed by atoms with Crippen molar-refractivity contribution in [2.24, 2.45) is 11.8 Å². The third kappa shape index (κ3) is 6.23. The quantitative estimate of drug-likeness (QED) is 0.727. The molecule has 18 heavy (non-hydrogen) atoms. The topological polar surface area (TPSA) is 49.3 Å². The van der Waals surface area contributed by atoms with Crippen molar-refractivity contribution < 1.29 is 23.1 Å². The maximum atomic E-state index is 11.9. The lowest BCUT2D eigenvalue weighted by atomic mass is 9.82. The van der Waals surface area contributed by atoms with E-state index in [-0.39, 0.29) is 12.3 Å². The molecule has 0 aliphatic heterocycles. The van der Waals surface area contributed by atoms with Crippen molar-refractivity contribution in [2.75, 3.05) is 13.1 Å². The van der Waals surface area contributed by atoms with Crippen LogP contribution < -0.4 is 5.32 Å². The first-order valence-corrected chi connectivity index (χ1v) is 6.39. The summed E-state index contributed by atoms with van der Waals surface area (Å²) in [4.78, 5) is 10.7. The van der Waals surface area contributed by atoms with E-state index in [1.54, 1.807) is 0 Å². The van der Waals surface area contributed by atoms with Crippen LogP contribution in [-0.2, 0) is 4.79 Å². The number of halogens is 3. The van der Waals surface area contributed by atoms with Crippen molar-refractivity contribution in [2.45, 2.75) is 44.7 Å². The highest BCUT2D eigenvalue weighted by Gasteiger charge is 2.27. The Balaban J connectivity index is 2.03. The number of hydrogen-bond acceptors (Lipinski definition) is 2. The molecule has 0 aromatic carbocycles. The second-order valence-electron chi connectivity index (χ2n) is 4.98. The molecule has 1 rings (SSSR count). The fourth-order valence-corrected chi connectivity index (χ4v) is 2.33. The van der Waals surface area contributed by atoms with E-state index in [1.165, 1.54) is 0 Å². The fourth-order valence-electron chi connectivity index (χ4n) is 2.33. The van der Waals surface area contributed by atoms with E-state index in [4.69, 9.17) is 5.11 Å². The number of aliphatic carboxylic acids is 1. The third-order valence-corrected chi connectivity index (χ3v) is 3.44. The van der Waals surface area contributed by atoms with Crippen LogP contribution in [0.25, 0.3) is 0 Å². The number of nitrogens with one attached hydrogen (secondary N) is 1. The van der Waals surface area contributed by atoms with Crippen molar-refractivity contribution in [1.82, 2.24) is 5.32 Å². The van der Waals surface area contributed by atoms with Gasteiger partial charge in [0.25, 0.3) is 0 Å². The number of rotatable bonds is 6. The summed E-state index contributed by atoms with van der Waals surface area (Å²) >= 11 is 0. The first kappa shape index (κ1) is 15.3. The molecular weight excluding hydrogens is 247 g/mol. The maximum absolute atomic E-state index is 11.9. The lowest BCUT2D eigenvalue weighted by Crippen LogP contribution is -2.29. The molecule has 0 aromatic rings. The second-order valence-corrected chi connectivity index (χ2v) is 4.98. The SMILES string of the molecule is O=C(O)C1CCC(CNCCCC(F)(F)F)CC1. The van der Waals surface area contributed by atoms with Crippen LogP contribution in [0.15, 0.2) is 0 Å². The summed E-state index contributed by atoms with van der Waals surface area (Å²) in [5.74, 6) is -0.551. The van der Waals surface area contributed by atoms with Gasteiger partial charge in [0.05, 0.1) is 5.92 Å². The molecule has 1 aliphatic carbocycles. The van der Waals surface area contributed by atoms with Gasteiger partial charge in [0.2, 0.25) is 0 Å². The number of alkyl halides is 3. The van der Waals surface area contributed by atoms with Crippen LogP contribution in [0.3, 0.4) is 0 Å². The number of carboxylic acid groups (broad SMARTS) is 1. The van der Waals surface area contributed by atoms with Crippen molar-refractivity contribution in [1.29, 1.82) is 0 Å². The van der Waals surface area contributed by atoms with Crippen LogP contribution >= 0.6 is 0 Å². The van der Waals surface area contributed by atoms with Crippen LogP contribution in [0.5, 0.6) is 0 Å². The van der Waals surface area contributed by atoms with E-state index in [2.05, 4.69) is 5.32 Å². The minimum atomic E-state index is -4.07. The lowest BCUT2D eigenvalue weighted by Gasteiger charge is -2.26. The molecule has 0 amide bonds. The predicted octanol–water partition coefficient (Wildman–Crippen LogP) is 2.81. The average Bonchev–Trinajstić information content (AvgIpc) is 2.27. The number of hydrogen-bond donors (Lipinski definition) is 2. The molecule has 1 fully saturated rings. The smallest absolute Gasteiger partial charge is 0.389 e. The Kier molecular flexibility index (Phi) is 5.91. The first-order valence-electron chi connectivity index (χ1n) is 6.39. The molecule has 0 saturated heterocycles. The number of carbonyl (C=O) groups is 1. The molecule has 0 aromatic heterocycles. The Labute approximate surface area is 105 Å². The molecule has 1 aliphatic rings. The zero-order valence-corrected chi connectivity index (χ0v) is 10.3. The molecule has 0 heterocycles. The largest absolute Gasteiger partial charge is 0.481 e. The molecule has 0 spiro atoms. The molecule has 0 bridgehead atoms. The van der Waals surface area contributed by atoms with Crippen LogP contribution in [0.1, 0.15) is 38.5 Å². The molecule has 3 nitrogen and oxygen atoms in total. The normalized spacial score (nSPS) is 25.1. The van der Waals surface area contributed by atoms with Gasteiger partial charge < -0.3 is 10.4 Å². The molecule has 0 atom stereocenters. The van der Waals surface area contributed by atoms with E-state index in [0.29, 0.717) is 31.8 Å². The Morgan fingerprint density at radius 3 is 2.33 bits per heavy atom. The monoisotopic (exact) mass is 267 g/mol. The molecule has 1 saturated carbocycles. The van der Waals surface area contributed by atoms with Crippen molar-refractivity contribution in [3.05, 3.63) is 0 Å². The van der Waals surface area contributed by atoms with E-state index in [0.717, 1.165) is 12.8 Å². The summed E-state index contributed by atoms with van der Waals surface area (Å²) in [6, 6.07) is 0. The summed E-state index contributed by atoms with van der Waals surface area (Å²) in [6.45, 7) is 1.07. The van der Waals surface area contributed by atoms with Gasteiger partial charge in [-0.1, -0.05) is 0 Å². The Hall–Kier alpha value is -0.780. The van der Waals surface area contributed by atoms with E-state index < -0.39 is 18.6 Å². The highest BCUT2D eigenvalue weighted by Crippen LogP contribution is 2.28. The summed E-state index contributed by atoms with van der Waals surface area (Å²) in [5.41, 5.74) is 0. The lowest BCUT2D eigenvalue weighted by molar-refractivity contribution is -0.143. The van der Waals surface area contributed by atoms with Crippen molar-refractivity contribution in [3.8, 4) is 0 Å². The third-order valence-electron chi connectivity index (χ3n) is 3.44. The first-order chi connectivity index (χ1) is 8.38. The number of carboxylic acids is 1. The van der Waals surface area contributed by atoms with Gasteiger partial charge in [0, 0.05) is 6.42 Å². The van der Waals surface area contributed by atoms with Gasteiger partial charge in [0.15, 0.2) is 0 Å². The molecule has 106 valence electrons. The average molecular weight is 267 g/mol. The van der Waals surface area contributed by atoms with Crippen molar-refractivity contribution in [3.63, 3.8) is 0 Å². The van der Waals surface area contributed by atoms with Crippen molar-refractivity contribution >= 4 is 5.97 Å². The van der Waals surface area contributed by atoms with Gasteiger partial charge >= 0.3 is 12.1 Å².